The third-order valence-corrected chi connectivity index (χ3v) is 5.42. The first-order valence-electron chi connectivity index (χ1n) is 6.24. The molecule has 0 aliphatic heterocycles. The molecule has 1 aromatic rings. The molecule has 0 fully saturated rings. The monoisotopic (exact) mass is 370 g/mol. The summed E-state index contributed by atoms with van der Waals surface area (Å²) in [4.78, 5) is 0. The molecular formula is C14H18BrF3OS. The standard InChI is InChI=1S/C14H18BrF3OS/c1-14(2,3)20(19)7-6-10(13(17)18)11-8-9(15)4-5-12(11)16/h4-5,8,10,13H,6-7H2,1-3H3/t10-,20?/m0/s1. The van der Waals surface area contributed by atoms with Gasteiger partial charge in [-0.2, -0.15) is 0 Å². The van der Waals surface area contributed by atoms with E-state index >= 15 is 0 Å². The van der Waals surface area contributed by atoms with Crippen LogP contribution in [-0.2, 0) is 10.8 Å². The Bertz CT molecular complexity index is 486. The third-order valence-electron chi connectivity index (χ3n) is 2.96. The van der Waals surface area contributed by atoms with Gasteiger partial charge in [0.2, 0.25) is 6.43 Å². The Morgan fingerprint density at radius 2 is 1.90 bits per heavy atom. The van der Waals surface area contributed by atoms with E-state index in [2.05, 4.69) is 15.9 Å². The summed E-state index contributed by atoms with van der Waals surface area (Å²) in [6.45, 7) is 5.38. The fraction of sp³-hybridized carbons (Fsp3) is 0.571. The van der Waals surface area contributed by atoms with Crippen molar-refractivity contribution in [2.75, 3.05) is 5.75 Å². The van der Waals surface area contributed by atoms with Gasteiger partial charge in [-0.3, -0.25) is 4.21 Å². The minimum Gasteiger partial charge on any atom is -0.259 e. The normalized spacial score (nSPS) is 15.4. The number of benzene rings is 1. The number of halogens is 4. The maximum Gasteiger partial charge on any atom is 0.245 e. The zero-order valence-corrected chi connectivity index (χ0v) is 14.0. The molecule has 1 rings (SSSR count). The van der Waals surface area contributed by atoms with Gasteiger partial charge in [-0.25, -0.2) is 13.2 Å². The van der Waals surface area contributed by atoms with Gasteiger partial charge in [-0.1, -0.05) is 15.9 Å². The molecule has 0 saturated heterocycles. The first-order valence-corrected chi connectivity index (χ1v) is 8.35. The number of alkyl halides is 2. The predicted molar refractivity (Wildman–Crippen MR) is 80.2 cm³/mol. The summed E-state index contributed by atoms with van der Waals surface area (Å²) in [5, 5.41) is 0. The zero-order chi connectivity index (χ0) is 15.5. The van der Waals surface area contributed by atoms with E-state index in [1.54, 1.807) is 20.8 Å². The topological polar surface area (TPSA) is 17.1 Å². The molecule has 0 saturated carbocycles. The maximum atomic E-state index is 13.7. The molecule has 0 spiro atoms. The molecule has 0 bridgehead atoms. The van der Waals surface area contributed by atoms with Crippen LogP contribution in [0.15, 0.2) is 22.7 Å². The molecule has 6 heteroatoms. The largest absolute Gasteiger partial charge is 0.259 e. The van der Waals surface area contributed by atoms with E-state index in [-0.39, 0.29) is 17.7 Å². The van der Waals surface area contributed by atoms with Gasteiger partial charge in [-0.15, -0.1) is 0 Å². The van der Waals surface area contributed by atoms with Crippen molar-refractivity contribution in [3.05, 3.63) is 34.1 Å². The van der Waals surface area contributed by atoms with Gasteiger partial charge in [0.25, 0.3) is 0 Å². The Morgan fingerprint density at radius 3 is 2.40 bits per heavy atom. The lowest BCUT2D eigenvalue weighted by Crippen LogP contribution is -2.26. The average molecular weight is 371 g/mol. The van der Waals surface area contributed by atoms with Gasteiger partial charge in [0.15, 0.2) is 0 Å². The van der Waals surface area contributed by atoms with Crippen LogP contribution in [0.2, 0.25) is 0 Å². The quantitative estimate of drug-likeness (QED) is 0.722. The van der Waals surface area contributed by atoms with Crippen LogP contribution >= 0.6 is 15.9 Å². The second-order valence-electron chi connectivity index (χ2n) is 5.56. The molecule has 0 aromatic heterocycles. The number of rotatable bonds is 5. The Kier molecular flexibility index (Phi) is 6.25. The molecule has 0 heterocycles. The highest BCUT2D eigenvalue weighted by Crippen LogP contribution is 2.31. The van der Waals surface area contributed by atoms with E-state index in [1.165, 1.54) is 12.1 Å². The van der Waals surface area contributed by atoms with Crippen LogP contribution in [0, 0.1) is 5.82 Å². The Labute approximate surface area is 128 Å². The fourth-order valence-electron chi connectivity index (χ4n) is 1.76. The molecule has 1 aromatic carbocycles. The summed E-state index contributed by atoms with van der Waals surface area (Å²) < 4.78 is 52.1. The summed E-state index contributed by atoms with van der Waals surface area (Å²) in [7, 11) is -1.23. The van der Waals surface area contributed by atoms with Crippen molar-refractivity contribution < 1.29 is 17.4 Å². The van der Waals surface area contributed by atoms with Crippen LogP contribution in [0.3, 0.4) is 0 Å². The minimum atomic E-state index is -2.68. The van der Waals surface area contributed by atoms with Crippen LogP contribution < -0.4 is 0 Å². The van der Waals surface area contributed by atoms with E-state index < -0.39 is 33.7 Å². The predicted octanol–water partition coefficient (Wildman–Crippen LogP) is 4.87. The lowest BCUT2D eigenvalue weighted by Gasteiger charge is -2.21. The summed E-state index contributed by atoms with van der Waals surface area (Å²) in [5.41, 5.74) is -0.0275. The van der Waals surface area contributed by atoms with E-state index in [0.29, 0.717) is 4.47 Å². The SMILES string of the molecule is CC(C)(C)S(=O)CC[C@@H](c1cc(Br)ccc1F)C(F)F. The van der Waals surface area contributed by atoms with Crippen LogP contribution in [0.25, 0.3) is 0 Å². The van der Waals surface area contributed by atoms with Gasteiger partial charge >= 0.3 is 0 Å². The summed E-state index contributed by atoms with van der Waals surface area (Å²) in [6.07, 6.45) is -2.69. The number of hydrogen-bond donors (Lipinski definition) is 0. The summed E-state index contributed by atoms with van der Waals surface area (Å²) in [5.74, 6) is -1.76. The van der Waals surface area contributed by atoms with Crippen LogP contribution in [0.4, 0.5) is 13.2 Å². The molecule has 0 aliphatic carbocycles. The molecule has 2 atom stereocenters. The highest BCUT2D eigenvalue weighted by molar-refractivity contribution is 9.10. The van der Waals surface area contributed by atoms with Crippen molar-refractivity contribution in [2.24, 2.45) is 0 Å². The first-order chi connectivity index (χ1) is 9.12. The lowest BCUT2D eigenvalue weighted by molar-refractivity contribution is 0.111. The number of hydrogen-bond acceptors (Lipinski definition) is 1. The van der Waals surface area contributed by atoms with Crippen molar-refractivity contribution in [2.45, 2.75) is 44.3 Å². The zero-order valence-electron chi connectivity index (χ0n) is 11.6. The smallest absolute Gasteiger partial charge is 0.245 e. The van der Waals surface area contributed by atoms with Crippen molar-refractivity contribution >= 4 is 26.7 Å². The molecule has 0 amide bonds. The molecule has 0 aliphatic rings. The van der Waals surface area contributed by atoms with Gasteiger partial charge in [0, 0.05) is 31.7 Å². The van der Waals surface area contributed by atoms with Gasteiger partial charge in [-0.05, 0) is 51.0 Å². The van der Waals surface area contributed by atoms with Gasteiger partial charge in [0.1, 0.15) is 5.82 Å². The van der Waals surface area contributed by atoms with Crippen molar-refractivity contribution in [1.29, 1.82) is 0 Å². The van der Waals surface area contributed by atoms with Crippen LogP contribution in [-0.4, -0.2) is 21.1 Å². The third kappa shape index (κ3) is 4.88. The second-order valence-corrected chi connectivity index (χ2v) is 8.80. The van der Waals surface area contributed by atoms with Crippen molar-refractivity contribution in [3.8, 4) is 0 Å². The summed E-state index contributed by atoms with van der Waals surface area (Å²) in [6, 6.07) is 4.00. The first kappa shape index (κ1) is 17.7. The Balaban J connectivity index is 2.91. The lowest BCUT2D eigenvalue weighted by atomic mass is 9.96. The van der Waals surface area contributed by atoms with Gasteiger partial charge < -0.3 is 0 Å². The molecule has 1 nitrogen and oxygen atoms in total. The molecule has 20 heavy (non-hydrogen) atoms. The Morgan fingerprint density at radius 1 is 1.30 bits per heavy atom. The maximum absolute atomic E-state index is 13.7. The van der Waals surface area contributed by atoms with Gasteiger partial charge in [0.05, 0.1) is 0 Å². The summed E-state index contributed by atoms with van der Waals surface area (Å²) >= 11 is 3.15. The average Bonchev–Trinajstić information content (AvgIpc) is 2.31. The molecule has 0 N–H and O–H groups in total. The highest BCUT2D eigenvalue weighted by Gasteiger charge is 2.28. The van der Waals surface area contributed by atoms with E-state index in [1.807, 2.05) is 0 Å². The molecular weight excluding hydrogens is 353 g/mol. The van der Waals surface area contributed by atoms with Crippen molar-refractivity contribution in [1.82, 2.24) is 0 Å². The van der Waals surface area contributed by atoms with Crippen molar-refractivity contribution in [3.63, 3.8) is 0 Å². The van der Waals surface area contributed by atoms with Crippen LogP contribution in [0.1, 0.15) is 38.7 Å². The second kappa shape index (κ2) is 7.07. The fourth-order valence-corrected chi connectivity index (χ4v) is 3.22. The van der Waals surface area contributed by atoms with Crippen LogP contribution in [0.5, 0.6) is 0 Å². The Hall–Kier alpha value is -0.360. The molecule has 114 valence electrons. The minimum absolute atomic E-state index is 0.00504. The van der Waals surface area contributed by atoms with E-state index in [9.17, 15) is 17.4 Å². The van der Waals surface area contributed by atoms with E-state index in [4.69, 9.17) is 0 Å². The molecule has 1 unspecified atom stereocenters. The highest BCUT2D eigenvalue weighted by atomic mass is 79.9. The molecule has 0 radical (unpaired) electrons. The van der Waals surface area contributed by atoms with E-state index in [0.717, 1.165) is 6.07 Å².